The third-order valence-corrected chi connectivity index (χ3v) is 5.28. The number of alkyl halides is 3. The Morgan fingerprint density at radius 2 is 1.85 bits per heavy atom. The van der Waals surface area contributed by atoms with E-state index < -0.39 is 51.7 Å². The summed E-state index contributed by atoms with van der Waals surface area (Å²) < 4.78 is 49.3. The van der Waals surface area contributed by atoms with Gasteiger partial charge < -0.3 is 15.2 Å². The number of hydrogen-bond donors (Lipinski definition) is 1. The van der Waals surface area contributed by atoms with E-state index in [2.05, 4.69) is 0 Å². The molecule has 0 bridgehead atoms. The second-order valence-corrected chi connectivity index (χ2v) is 7.68. The van der Waals surface area contributed by atoms with Crippen LogP contribution in [0.5, 0.6) is 17.2 Å². The van der Waals surface area contributed by atoms with E-state index in [0.717, 1.165) is 6.07 Å². The van der Waals surface area contributed by atoms with Crippen LogP contribution >= 0.6 is 11.8 Å². The van der Waals surface area contributed by atoms with Crippen LogP contribution in [0.25, 0.3) is 6.08 Å². The van der Waals surface area contributed by atoms with Gasteiger partial charge in [-0.15, -0.1) is 0 Å². The summed E-state index contributed by atoms with van der Waals surface area (Å²) in [5.74, 6) is -2.03. The molecule has 3 rings (SSSR count). The number of nitro groups is 1. The van der Waals surface area contributed by atoms with Crippen LogP contribution in [0.1, 0.15) is 11.1 Å². The van der Waals surface area contributed by atoms with E-state index in [1.54, 1.807) is 0 Å². The summed E-state index contributed by atoms with van der Waals surface area (Å²) in [5.41, 5.74) is 3.29. The van der Waals surface area contributed by atoms with Crippen LogP contribution in [0.15, 0.2) is 41.3 Å². The standard InChI is InChI=1S/C20H14F3N3O7S/c1-32-15-6-10(7-16-18(28)25(9-17(24)27)19(29)34-16)2-4-14(15)33-13-5-3-11(20(21,22)23)8-12(13)26(30)31/h2-8H,9H2,1H3,(H2,24,27)/b16-7-. The van der Waals surface area contributed by atoms with Gasteiger partial charge in [0.1, 0.15) is 6.54 Å². The summed E-state index contributed by atoms with van der Waals surface area (Å²) in [7, 11) is 1.26. The summed E-state index contributed by atoms with van der Waals surface area (Å²) >= 11 is 0.599. The number of hydrogen-bond acceptors (Lipinski definition) is 8. The Balaban J connectivity index is 1.90. The molecule has 2 aromatic rings. The van der Waals surface area contributed by atoms with Crippen molar-refractivity contribution in [2.75, 3.05) is 13.7 Å². The number of carbonyl (C=O) groups excluding carboxylic acids is 3. The Labute approximate surface area is 193 Å². The number of methoxy groups -OCH3 is 1. The lowest BCUT2D eigenvalue weighted by Crippen LogP contribution is -2.36. The molecule has 0 atom stereocenters. The van der Waals surface area contributed by atoms with Gasteiger partial charge in [0.05, 0.1) is 22.5 Å². The van der Waals surface area contributed by atoms with Crippen molar-refractivity contribution in [3.63, 3.8) is 0 Å². The number of nitrogens with zero attached hydrogens (tertiary/aromatic N) is 2. The SMILES string of the molecule is COc1cc(/C=C2\SC(=O)N(CC(N)=O)C2=O)ccc1Oc1ccc(C(F)(F)F)cc1[N+](=O)[O-]. The van der Waals surface area contributed by atoms with Gasteiger partial charge in [0.15, 0.2) is 11.5 Å². The molecule has 2 N–H and O–H groups in total. The molecule has 0 spiro atoms. The summed E-state index contributed by atoms with van der Waals surface area (Å²) in [4.78, 5) is 46.3. The first-order valence-corrected chi connectivity index (χ1v) is 9.97. The third-order valence-electron chi connectivity index (χ3n) is 4.38. The first-order chi connectivity index (χ1) is 15.9. The molecule has 1 aliphatic rings. The number of rotatable bonds is 7. The lowest BCUT2D eigenvalue weighted by molar-refractivity contribution is -0.385. The Morgan fingerprint density at radius 3 is 2.44 bits per heavy atom. The largest absolute Gasteiger partial charge is 0.493 e. The monoisotopic (exact) mass is 497 g/mol. The van der Waals surface area contributed by atoms with E-state index in [1.165, 1.54) is 31.4 Å². The lowest BCUT2D eigenvalue weighted by Gasteiger charge is -2.13. The van der Waals surface area contributed by atoms with Gasteiger partial charge in [-0.2, -0.15) is 13.2 Å². The number of ether oxygens (including phenoxy) is 2. The number of nitrogens with two attached hydrogens (primary N) is 1. The molecule has 3 amide bonds. The molecule has 34 heavy (non-hydrogen) atoms. The van der Waals surface area contributed by atoms with Crippen molar-refractivity contribution in [2.45, 2.75) is 6.18 Å². The minimum absolute atomic E-state index is 0.0142. The van der Waals surface area contributed by atoms with E-state index in [-0.39, 0.29) is 16.4 Å². The van der Waals surface area contributed by atoms with Crippen molar-refractivity contribution < 1.29 is 42.0 Å². The molecule has 0 saturated carbocycles. The molecule has 2 aromatic carbocycles. The average Bonchev–Trinajstić information content (AvgIpc) is 3.01. The molecule has 1 saturated heterocycles. The van der Waals surface area contributed by atoms with Crippen molar-refractivity contribution in [1.29, 1.82) is 0 Å². The van der Waals surface area contributed by atoms with Crippen molar-refractivity contribution in [3.05, 3.63) is 62.5 Å². The molecule has 14 heteroatoms. The number of halogens is 3. The minimum Gasteiger partial charge on any atom is -0.493 e. The average molecular weight is 497 g/mol. The number of benzene rings is 2. The van der Waals surface area contributed by atoms with Crippen LogP contribution < -0.4 is 15.2 Å². The Morgan fingerprint density at radius 1 is 1.18 bits per heavy atom. The van der Waals surface area contributed by atoms with Crippen molar-refractivity contribution >= 4 is 40.6 Å². The topological polar surface area (TPSA) is 142 Å². The fraction of sp³-hybridized carbons (Fsp3) is 0.150. The Kier molecular flexibility index (Phi) is 6.81. The molecule has 1 fully saturated rings. The first kappa shape index (κ1) is 24.6. The molecule has 10 nitrogen and oxygen atoms in total. The van der Waals surface area contributed by atoms with E-state index in [0.29, 0.717) is 34.4 Å². The molecule has 1 heterocycles. The number of imide groups is 1. The Bertz CT molecular complexity index is 1230. The van der Waals surface area contributed by atoms with Crippen LogP contribution in [-0.2, 0) is 15.8 Å². The Hall–Kier alpha value is -4.07. The van der Waals surface area contributed by atoms with Crippen molar-refractivity contribution in [3.8, 4) is 17.2 Å². The van der Waals surface area contributed by atoms with Crippen LogP contribution in [-0.4, -0.2) is 40.5 Å². The summed E-state index contributed by atoms with van der Waals surface area (Å²) in [6.45, 7) is -0.565. The highest BCUT2D eigenvalue weighted by Gasteiger charge is 2.36. The van der Waals surface area contributed by atoms with Crippen LogP contribution in [0.4, 0.5) is 23.7 Å². The smallest absolute Gasteiger partial charge is 0.416 e. The quantitative estimate of drug-likeness (QED) is 0.344. The predicted octanol–water partition coefficient (Wildman–Crippen LogP) is 3.94. The predicted molar refractivity (Wildman–Crippen MR) is 113 cm³/mol. The number of amides is 3. The molecule has 1 aliphatic heterocycles. The highest BCUT2D eigenvalue weighted by atomic mass is 32.2. The van der Waals surface area contributed by atoms with Gasteiger partial charge in [0.2, 0.25) is 11.7 Å². The highest BCUT2D eigenvalue weighted by Crippen LogP contribution is 2.41. The third kappa shape index (κ3) is 5.28. The van der Waals surface area contributed by atoms with Gasteiger partial charge >= 0.3 is 11.9 Å². The van der Waals surface area contributed by atoms with E-state index >= 15 is 0 Å². The van der Waals surface area contributed by atoms with Gasteiger partial charge in [-0.25, -0.2) is 0 Å². The molecular weight excluding hydrogens is 483 g/mol. The summed E-state index contributed by atoms with van der Waals surface area (Å²) in [6, 6.07) is 5.95. The minimum atomic E-state index is -4.78. The number of nitro benzene ring substituents is 1. The summed E-state index contributed by atoms with van der Waals surface area (Å²) in [5, 5.41) is 10.6. The van der Waals surface area contributed by atoms with E-state index in [9.17, 15) is 37.7 Å². The number of thioether (sulfide) groups is 1. The maximum atomic E-state index is 12.9. The zero-order chi connectivity index (χ0) is 25.2. The van der Waals surface area contributed by atoms with Gasteiger partial charge in [0.25, 0.3) is 11.1 Å². The van der Waals surface area contributed by atoms with Crippen LogP contribution in [0, 0.1) is 10.1 Å². The fourth-order valence-electron chi connectivity index (χ4n) is 2.84. The molecule has 0 aliphatic carbocycles. The van der Waals surface area contributed by atoms with Crippen molar-refractivity contribution in [2.24, 2.45) is 5.73 Å². The van der Waals surface area contributed by atoms with Gasteiger partial charge in [-0.05, 0) is 47.7 Å². The maximum absolute atomic E-state index is 12.9. The van der Waals surface area contributed by atoms with Gasteiger partial charge in [-0.1, -0.05) is 6.07 Å². The molecule has 0 unspecified atom stereocenters. The highest BCUT2D eigenvalue weighted by molar-refractivity contribution is 8.18. The molecular formula is C20H14F3N3O7S. The summed E-state index contributed by atoms with van der Waals surface area (Å²) in [6.07, 6.45) is -3.43. The number of carbonyl (C=O) groups is 3. The van der Waals surface area contributed by atoms with Gasteiger partial charge in [0, 0.05) is 6.07 Å². The van der Waals surface area contributed by atoms with E-state index in [1.807, 2.05) is 0 Å². The fourth-order valence-corrected chi connectivity index (χ4v) is 3.68. The maximum Gasteiger partial charge on any atom is 0.416 e. The molecule has 178 valence electrons. The zero-order valence-electron chi connectivity index (χ0n) is 17.1. The first-order valence-electron chi connectivity index (χ1n) is 9.16. The lowest BCUT2D eigenvalue weighted by atomic mass is 10.1. The molecule has 0 radical (unpaired) electrons. The van der Waals surface area contributed by atoms with Gasteiger partial charge in [-0.3, -0.25) is 29.4 Å². The van der Waals surface area contributed by atoms with E-state index in [4.69, 9.17) is 15.2 Å². The zero-order valence-corrected chi connectivity index (χ0v) is 17.9. The molecule has 0 aromatic heterocycles. The second kappa shape index (κ2) is 9.43. The second-order valence-electron chi connectivity index (χ2n) is 6.68. The number of primary amides is 1. The van der Waals surface area contributed by atoms with Crippen molar-refractivity contribution in [1.82, 2.24) is 4.90 Å². The van der Waals surface area contributed by atoms with Crippen LogP contribution in [0.2, 0.25) is 0 Å². The van der Waals surface area contributed by atoms with Crippen LogP contribution in [0.3, 0.4) is 0 Å². The normalized spacial score (nSPS) is 15.1.